The lowest BCUT2D eigenvalue weighted by molar-refractivity contribution is -0.336. The monoisotopic (exact) mass is 382 g/mol. The first-order valence-electron chi connectivity index (χ1n) is 7.92. The molecule has 1 N–H and O–H groups in total. The molecule has 1 unspecified atom stereocenters. The molecule has 0 fully saturated rings. The normalized spacial score (nSPS) is 14.8. The van der Waals surface area contributed by atoms with Crippen molar-refractivity contribution in [3.05, 3.63) is 77.9 Å². The molecule has 142 valence electrons. The van der Waals surface area contributed by atoms with Gasteiger partial charge in [-0.25, -0.2) is 0 Å². The zero-order valence-corrected chi connectivity index (χ0v) is 14.1. The quantitative estimate of drug-likeness (QED) is 0.622. The van der Waals surface area contributed by atoms with Gasteiger partial charge in [0.1, 0.15) is 5.75 Å². The van der Waals surface area contributed by atoms with E-state index in [1.807, 2.05) is 0 Å². The average molecular weight is 382 g/mol. The molecule has 0 amide bonds. The fourth-order valence-corrected chi connectivity index (χ4v) is 3.07. The van der Waals surface area contributed by atoms with Crippen LogP contribution in [0.25, 0.3) is 10.8 Å². The molecule has 0 aliphatic rings. The van der Waals surface area contributed by atoms with Gasteiger partial charge in [0.05, 0.1) is 7.11 Å². The number of halogens is 5. The van der Waals surface area contributed by atoms with Gasteiger partial charge in [0.25, 0.3) is 0 Å². The largest absolute Gasteiger partial charge is 0.496 e. The van der Waals surface area contributed by atoms with Crippen molar-refractivity contribution in [3.63, 3.8) is 0 Å². The number of alkyl halides is 5. The van der Waals surface area contributed by atoms with Crippen molar-refractivity contribution in [3.8, 4) is 5.75 Å². The van der Waals surface area contributed by atoms with Gasteiger partial charge in [-0.15, -0.1) is 0 Å². The van der Waals surface area contributed by atoms with Gasteiger partial charge in [0, 0.05) is 5.56 Å². The molecule has 3 aromatic rings. The Balaban J connectivity index is 2.36. The summed E-state index contributed by atoms with van der Waals surface area (Å²) in [4.78, 5) is 0. The van der Waals surface area contributed by atoms with Gasteiger partial charge in [-0.2, -0.15) is 22.0 Å². The zero-order valence-electron chi connectivity index (χ0n) is 14.1. The van der Waals surface area contributed by atoms with Crippen LogP contribution in [0.3, 0.4) is 0 Å². The average Bonchev–Trinajstić information content (AvgIpc) is 2.65. The van der Waals surface area contributed by atoms with Crippen LogP contribution in [0.2, 0.25) is 0 Å². The van der Waals surface area contributed by atoms with Gasteiger partial charge >= 0.3 is 12.1 Å². The molecule has 0 saturated heterocycles. The third-order valence-electron chi connectivity index (χ3n) is 4.47. The molecule has 7 heteroatoms. The summed E-state index contributed by atoms with van der Waals surface area (Å²) in [5.74, 6) is -5.76. The van der Waals surface area contributed by atoms with E-state index in [9.17, 15) is 27.1 Å². The standard InChI is InChI=1S/C20H15F5O2/c1-27-17-9-5-4-8-16(17)18(26,19(21,22)20(23,24)25)15-11-10-13-6-2-3-7-14(13)12-15/h2-12,26H,1H3. The Morgan fingerprint density at radius 2 is 1.37 bits per heavy atom. The van der Waals surface area contributed by atoms with Gasteiger partial charge in [-0.05, 0) is 28.5 Å². The highest BCUT2D eigenvalue weighted by molar-refractivity contribution is 5.83. The van der Waals surface area contributed by atoms with Crippen molar-refractivity contribution in [2.24, 2.45) is 0 Å². The highest BCUT2D eigenvalue weighted by atomic mass is 19.4. The Kier molecular flexibility index (Phi) is 4.59. The summed E-state index contributed by atoms with van der Waals surface area (Å²) in [7, 11) is 1.13. The maximum atomic E-state index is 14.6. The molecule has 0 saturated carbocycles. The van der Waals surface area contributed by atoms with Crippen LogP contribution in [0.1, 0.15) is 11.1 Å². The molecule has 0 aliphatic carbocycles. The molecule has 3 aromatic carbocycles. The molecular weight excluding hydrogens is 367 g/mol. The van der Waals surface area contributed by atoms with Crippen LogP contribution < -0.4 is 4.74 Å². The Hall–Kier alpha value is -2.67. The van der Waals surface area contributed by atoms with Crippen molar-refractivity contribution < 1.29 is 31.8 Å². The van der Waals surface area contributed by atoms with E-state index in [1.165, 1.54) is 24.3 Å². The van der Waals surface area contributed by atoms with Crippen molar-refractivity contribution in [2.45, 2.75) is 17.7 Å². The van der Waals surface area contributed by atoms with Crippen LogP contribution in [0.4, 0.5) is 22.0 Å². The van der Waals surface area contributed by atoms with Gasteiger partial charge < -0.3 is 9.84 Å². The summed E-state index contributed by atoms with van der Waals surface area (Å²) in [6, 6.07) is 15.0. The topological polar surface area (TPSA) is 29.5 Å². The maximum Gasteiger partial charge on any atom is 0.457 e. The third kappa shape index (κ3) is 2.92. The second-order valence-electron chi connectivity index (χ2n) is 6.04. The summed E-state index contributed by atoms with van der Waals surface area (Å²) in [6.07, 6.45) is -5.99. The second kappa shape index (κ2) is 6.49. The van der Waals surface area contributed by atoms with Crippen LogP contribution in [0.15, 0.2) is 66.7 Å². The van der Waals surface area contributed by atoms with Crippen LogP contribution in [0, 0.1) is 0 Å². The number of hydrogen-bond donors (Lipinski definition) is 1. The van der Waals surface area contributed by atoms with Gasteiger partial charge in [0.2, 0.25) is 0 Å². The van der Waals surface area contributed by atoms with E-state index in [-0.39, 0.29) is 5.75 Å². The van der Waals surface area contributed by atoms with E-state index in [4.69, 9.17) is 4.74 Å². The molecule has 0 bridgehead atoms. The molecule has 3 rings (SSSR count). The summed E-state index contributed by atoms with van der Waals surface area (Å²) >= 11 is 0. The smallest absolute Gasteiger partial charge is 0.457 e. The van der Waals surface area contributed by atoms with Gasteiger partial charge in [0.15, 0.2) is 5.60 Å². The molecule has 0 spiro atoms. The van der Waals surface area contributed by atoms with E-state index >= 15 is 0 Å². The van der Waals surface area contributed by atoms with E-state index < -0.39 is 28.8 Å². The fraction of sp³-hybridized carbons (Fsp3) is 0.200. The molecular formula is C20H15F5O2. The first-order chi connectivity index (χ1) is 12.6. The van der Waals surface area contributed by atoms with Crippen LogP contribution in [-0.4, -0.2) is 24.3 Å². The lowest BCUT2D eigenvalue weighted by atomic mass is 9.79. The number of fused-ring (bicyclic) bond motifs is 1. The van der Waals surface area contributed by atoms with Crippen LogP contribution in [-0.2, 0) is 5.60 Å². The summed E-state index contributed by atoms with van der Waals surface area (Å²) in [5.41, 5.74) is -4.94. The molecule has 1 atom stereocenters. The number of methoxy groups -OCH3 is 1. The Bertz CT molecular complexity index is 968. The Morgan fingerprint density at radius 3 is 2.00 bits per heavy atom. The minimum absolute atomic E-state index is 0.280. The summed E-state index contributed by atoms with van der Waals surface area (Å²) in [5, 5.41) is 12.0. The van der Waals surface area contributed by atoms with E-state index in [2.05, 4.69) is 0 Å². The molecule has 27 heavy (non-hydrogen) atoms. The zero-order chi connectivity index (χ0) is 19.9. The number of hydrogen-bond acceptors (Lipinski definition) is 2. The fourth-order valence-electron chi connectivity index (χ4n) is 3.07. The molecule has 0 heterocycles. The van der Waals surface area contributed by atoms with E-state index in [0.717, 1.165) is 25.3 Å². The summed E-state index contributed by atoms with van der Waals surface area (Å²) in [6.45, 7) is 0. The molecule has 0 aromatic heterocycles. The first-order valence-corrected chi connectivity index (χ1v) is 7.92. The molecule has 0 radical (unpaired) electrons. The SMILES string of the molecule is COc1ccccc1C(O)(c1ccc2ccccc2c1)C(F)(F)C(F)(F)F. The highest BCUT2D eigenvalue weighted by Gasteiger charge is 2.71. The second-order valence-corrected chi connectivity index (χ2v) is 6.04. The molecule has 0 aliphatic heterocycles. The Labute approximate surface area is 151 Å². The lowest BCUT2D eigenvalue weighted by Crippen LogP contribution is -2.55. The number of benzene rings is 3. The number of rotatable bonds is 4. The predicted molar refractivity (Wildman–Crippen MR) is 90.9 cm³/mol. The lowest BCUT2D eigenvalue weighted by Gasteiger charge is -2.38. The van der Waals surface area contributed by atoms with Gasteiger partial charge in [-0.3, -0.25) is 0 Å². The van der Waals surface area contributed by atoms with Crippen molar-refractivity contribution in [1.82, 2.24) is 0 Å². The molecule has 2 nitrogen and oxygen atoms in total. The minimum atomic E-state index is -5.99. The van der Waals surface area contributed by atoms with Crippen molar-refractivity contribution in [1.29, 1.82) is 0 Å². The van der Waals surface area contributed by atoms with Gasteiger partial charge in [-0.1, -0.05) is 54.6 Å². The summed E-state index contributed by atoms with van der Waals surface area (Å²) < 4.78 is 74.1. The van der Waals surface area contributed by atoms with E-state index in [0.29, 0.717) is 10.8 Å². The van der Waals surface area contributed by atoms with E-state index in [1.54, 1.807) is 24.3 Å². The van der Waals surface area contributed by atoms with Crippen LogP contribution in [0.5, 0.6) is 5.75 Å². The Morgan fingerprint density at radius 1 is 0.778 bits per heavy atom. The highest BCUT2D eigenvalue weighted by Crippen LogP contribution is 2.53. The van der Waals surface area contributed by atoms with Crippen LogP contribution >= 0.6 is 0 Å². The predicted octanol–water partition coefficient (Wildman–Crippen LogP) is 5.28. The number of aliphatic hydroxyl groups is 1. The first kappa shape index (κ1) is 19.1. The van der Waals surface area contributed by atoms with Crippen molar-refractivity contribution >= 4 is 10.8 Å². The number of para-hydroxylation sites is 1. The number of ether oxygens (including phenoxy) is 1. The van der Waals surface area contributed by atoms with Crippen molar-refractivity contribution in [2.75, 3.05) is 7.11 Å². The third-order valence-corrected chi connectivity index (χ3v) is 4.47. The minimum Gasteiger partial charge on any atom is -0.496 e. The maximum absolute atomic E-state index is 14.6.